The number of carbonyl (C=O) groups is 1. The summed E-state index contributed by atoms with van der Waals surface area (Å²) in [5.41, 5.74) is 5.05. The number of carbonyl (C=O) groups excluding carboxylic acids is 1. The Kier molecular flexibility index (Phi) is 7.53. The second-order valence-electron chi connectivity index (χ2n) is 6.63. The normalized spacial score (nSPS) is 10.9. The van der Waals surface area contributed by atoms with E-state index in [2.05, 4.69) is 68.5 Å². The maximum atomic E-state index is 12.1. The molecule has 0 saturated heterocycles. The van der Waals surface area contributed by atoms with Crippen LogP contribution in [0.2, 0.25) is 0 Å². The van der Waals surface area contributed by atoms with E-state index in [1.54, 1.807) is 11.8 Å². The highest BCUT2D eigenvalue weighted by molar-refractivity contribution is 7.99. The number of benzene rings is 2. The lowest BCUT2D eigenvalue weighted by Crippen LogP contribution is -2.24. The summed E-state index contributed by atoms with van der Waals surface area (Å²) in [5, 5.41) is 3.05. The molecule has 0 bridgehead atoms. The van der Waals surface area contributed by atoms with Crippen molar-refractivity contribution in [3.63, 3.8) is 0 Å². The van der Waals surface area contributed by atoms with Crippen molar-refractivity contribution in [1.82, 2.24) is 10.2 Å². The lowest BCUT2D eigenvalue weighted by molar-refractivity contribution is -0.120. The first-order valence-electron chi connectivity index (χ1n) is 8.64. The first-order valence-corrected chi connectivity index (χ1v) is 9.62. The predicted octanol–water partition coefficient (Wildman–Crippen LogP) is 4.16. The maximum absolute atomic E-state index is 12.1. The molecule has 4 heteroatoms. The molecule has 2 aromatic rings. The molecule has 0 atom stereocenters. The molecule has 0 heterocycles. The van der Waals surface area contributed by atoms with Crippen LogP contribution in [0.3, 0.4) is 0 Å². The average molecular weight is 357 g/mol. The topological polar surface area (TPSA) is 32.3 Å². The van der Waals surface area contributed by atoms with Gasteiger partial charge in [-0.25, -0.2) is 0 Å². The van der Waals surface area contributed by atoms with Gasteiger partial charge >= 0.3 is 0 Å². The Bertz CT molecular complexity index is 713. The molecule has 0 fully saturated rings. The van der Waals surface area contributed by atoms with Gasteiger partial charge in [0.25, 0.3) is 0 Å². The Morgan fingerprint density at radius 2 is 1.76 bits per heavy atom. The smallest absolute Gasteiger partial charge is 0.221 e. The summed E-state index contributed by atoms with van der Waals surface area (Å²) in [6.07, 6.45) is 0.535. The van der Waals surface area contributed by atoms with Crippen LogP contribution in [-0.2, 0) is 17.9 Å². The minimum absolute atomic E-state index is 0.107. The number of hydrogen-bond acceptors (Lipinski definition) is 3. The van der Waals surface area contributed by atoms with Crippen molar-refractivity contribution in [3.05, 3.63) is 64.7 Å². The van der Waals surface area contributed by atoms with Crippen LogP contribution in [0, 0.1) is 13.8 Å². The van der Waals surface area contributed by atoms with Gasteiger partial charge in [0.05, 0.1) is 0 Å². The van der Waals surface area contributed by atoms with Crippen LogP contribution in [0.1, 0.15) is 28.7 Å². The summed E-state index contributed by atoms with van der Waals surface area (Å²) >= 11 is 1.74. The minimum atomic E-state index is 0.107. The highest BCUT2D eigenvalue weighted by atomic mass is 32.2. The third-order valence-electron chi connectivity index (χ3n) is 4.16. The van der Waals surface area contributed by atoms with Crippen LogP contribution in [0.25, 0.3) is 0 Å². The number of nitrogens with zero attached hydrogens (tertiary/aromatic N) is 1. The summed E-state index contributed by atoms with van der Waals surface area (Å²) in [6.45, 7) is 5.72. The summed E-state index contributed by atoms with van der Waals surface area (Å²) in [5.74, 6) is 0.907. The average Bonchev–Trinajstić information content (AvgIpc) is 2.57. The Morgan fingerprint density at radius 1 is 1.04 bits per heavy atom. The first-order chi connectivity index (χ1) is 12.0. The Morgan fingerprint density at radius 3 is 2.44 bits per heavy atom. The molecule has 0 spiro atoms. The standard InChI is InChI=1S/C21H28N2OS/c1-16-9-10-20(13-17(16)2)25-12-11-21(24)22-14-18-7-5-6-8-19(18)15-23(3)4/h5-10,13H,11-12,14-15H2,1-4H3,(H,22,24). The van der Waals surface area contributed by atoms with E-state index in [9.17, 15) is 4.79 Å². The van der Waals surface area contributed by atoms with E-state index >= 15 is 0 Å². The zero-order chi connectivity index (χ0) is 18.2. The number of aryl methyl sites for hydroxylation is 2. The molecule has 134 valence electrons. The molecule has 3 nitrogen and oxygen atoms in total. The van der Waals surface area contributed by atoms with Crippen LogP contribution in [-0.4, -0.2) is 30.7 Å². The third kappa shape index (κ3) is 6.56. The molecule has 2 aromatic carbocycles. The molecule has 0 saturated carbocycles. The van der Waals surface area contributed by atoms with Crippen molar-refractivity contribution in [1.29, 1.82) is 0 Å². The first kappa shape index (κ1) is 19.5. The van der Waals surface area contributed by atoms with Gasteiger partial charge in [-0.1, -0.05) is 30.3 Å². The summed E-state index contributed by atoms with van der Waals surface area (Å²) in [4.78, 5) is 15.5. The van der Waals surface area contributed by atoms with Crippen molar-refractivity contribution in [3.8, 4) is 0 Å². The third-order valence-corrected chi connectivity index (χ3v) is 5.15. The summed E-state index contributed by atoms with van der Waals surface area (Å²) in [6, 6.07) is 14.7. The van der Waals surface area contributed by atoms with Gasteiger partial charge in [-0.2, -0.15) is 0 Å². The monoisotopic (exact) mass is 356 g/mol. The van der Waals surface area contributed by atoms with E-state index in [-0.39, 0.29) is 5.91 Å². The number of nitrogens with one attached hydrogen (secondary N) is 1. The van der Waals surface area contributed by atoms with Crippen LogP contribution in [0.4, 0.5) is 0 Å². The second-order valence-corrected chi connectivity index (χ2v) is 7.80. The van der Waals surface area contributed by atoms with Crippen LogP contribution in [0.15, 0.2) is 47.4 Å². The number of rotatable bonds is 8. The number of hydrogen-bond donors (Lipinski definition) is 1. The van der Waals surface area contributed by atoms with Gasteiger partial charge in [0, 0.05) is 30.2 Å². The van der Waals surface area contributed by atoms with Gasteiger partial charge in [-0.15, -0.1) is 11.8 Å². The fraction of sp³-hybridized carbons (Fsp3) is 0.381. The van der Waals surface area contributed by atoms with E-state index in [1.165, 1.54) is 27.1 Å². The maximum Gasteiger partial charge on any atom is 0.221 e. The molecule has 0 radical (unpaired) electrons. The van der Waals surface area contributed by atoms with E-state index < -0.39 is 0 Å². The van der Waals surface area contributed by atoms with Crippen molar-refractivity contribution in [2.75, 3.05) is 19.8 Å². The van der Waals surface area contributed by atoms with Crippen LogP contribution >= 0.6 is 11.8 Å². The fourth-order valence-corrected chi connectivity index (χ4v) is 3.52. The summed E-state index contributed by atoms with van der Waals surface area (Å²) in [7, 11) is 4.11. The van der Waals surface area contributed by atoms with Gasteiger partial charge < -0.3 is 10.2 Å². The van der Waals surface area contributed by atoms with Crippen molar-refractivity contribution < 1.29 is 4.79 Å². The molecule has 25 heavy (non-hydrogen) atoms. The van der Waals surface area contributed by atoms with E-state index in [4.69, 9.17) is 0 Å². The van der Waals surface area contributed by atoms with Gasteiger partial charge in [-0.3, -0.25) is 4.79 Å². The quantitative estimate of drug-likeness (QED) is 0.721. The van der Waals surface area contributed by atoms with Gasteiger partial charge in [0.1, 0.15) is 0 Å². The molecule has 0 aromatic heterocycles. The molecule has 2 rings (SSSR count). The number of amides is 1. The fourth-order valence-electron chi connectivity index (χ4n) is 2.57. The van der Waals surface area contributed by atoms with Gasteiger partial charge in [0.15, 0.2) is 0 Å². The zero-order valence-corrected chi connectivity index (χ0v) is 16.5. The molecule has 1 amide bonds. The zero-order valence-electron chi connectivity index (χ0n) is 15.6. The van der Waals surface area contributed by atoms with Gasteiger partial charge in [0.2, 0.25) is 5.91 Å². The van der Waals surface area contributed by atoms with Crippen LogP contribution < -0.4 is 5.32 Å². The van der Waals surface area contributed by atoms with Gasteiger partial charge in [-0.05, 0) is 62.3 Å². The minimum Gasteiger partial charge on any atom is -0.352 e. The molecule has 0 unspecified atom stereocenters. The molecular weight excluding hydrogens is 328 g/mol. The Labute approximate surface area is 155 Å². The van der Waals surface area contributed by atoms with Crippen molar-refractivity contribution >= 4 is 17.7 Å². The second kappa shape index (κ2) is 9.64. The Hall–Kier alpha value is -1.78. The highest BCUT2D eigenvalue weighted by Gasteiger charge is 2.06. The Balaban J connectivity index is 1.78. The van der Waals surface area contributed by atoms with Crippen molar-refractivity contribution in [2.45, 2.75) is 38.3 Å². The van der Waals surface area contributed by atoms with E-state index in [1.807, 2.05) is 12.1 Å². The molecule has 1 N–H and O–H groups in total. The van der Waals surface area contributed by atoms with E-state index in [0.29, 0.717) is 13.0 Å². The van der Waals surface area contributed by atoms with E-state index in [0.717, 1.165) is 12.3 Å². The molecule has 0 aliphatic carbocycles. The highest BCUT2D eigenvalue weighted by Crippen LogP contribution is 2.21. The molecule has 0 aliphatic heterocycles. The number of thioether (sulfide) groups is 1. The van der Waals surface area contributed by atoms with Crippen LogP contribution in [0.5, 0.6) is 0 Å². The SMILES string of the molecule is Cc1ccc(SCCC(=O)NCc2ccccc2CN(C)C)cc1C. The summed E-state index contributed by atoms with van der Waals surface area (Å²) < 4.78 is 0. The molecular formula is C21H28N2OS. The lowest BCUT2D eigenvalue weighted by Gasteiger charge is -2.14. The lowest BCUT2D eigenvalue weighted by atomic mass is 10.1. The van der Waals surface area contributed by atoms with Crippen molar-refractivity contribution in [2.24, 2.45) is 0 Å². The largest absolute Gasteiger partial charge is 0.352 e. The predicted molar refractivity (Wildman–Crippen MR) is 107 cm³/mol. The molecule has 0 aliphatic rings.